The molecule has 0 saturated heterocycles. The summed E-state index contributed by atoms with van der Waals surface area (Å²) in [6.07, 6.45) is 0. The van der Waals surface area contributed by atoms with Gasteiger partial charge in [-0.2, -0.15) is 0 Å². The second kappa shape index (κ2) is 4.20. The monoisotopic (exact) mass is 127 g/mol. The number of rotatable bonds is 1. The Labute approximate surface area is 44.4 Å². The maximum Gasteiger partial charge on any atom is 0.113 e. The minimum atomic E-state index is -2.31. The second-order valence-electron chi connectivity index (χ2n) is 0.860. The van der Waals surface area contributed by atoms with E-state index in [4.69, 9.17) is 5.11 Å². The SMILES string of the molecule is CC(O)S(=O)[O-].[NH4+]. The van der Waals surface area contributed by atoms with Crippen LogP contribution in [-0.4, -0.2) is 19.3 Å². The van der Waals surface area contributed by atoms with E-state index >= 15 is 0 Å². The highest BCUT2D eigenvalue weighted by atomic mass is 32.2. The molecule has 0 aliphatic rings. The Hall–Kier alpha value is 0.0300. The average Bonchev–Trinajstić information content (AvgIpc) is 1.36. The summed E-state index contributed by atoms with van der Waals surface area (Å²) >= 11 is -2.31. The van der Waals surface area contributed by atoms with Crippen LogP contribution in [0, 0.1) is 0 Å². The van der Waals surface area contributed by atoms with Crippen molar-refractivity contribution in [1.29, 1.82) is 0 Å². The van der Waals surface area contributed by atoms with E-state index in [0.717, 1.165) is 0 Å². The van der Waals surface area contributed by atoms with Gasteiger partial charge < -0.3 is 15.8 Å². The largest absolute Gasteiger partial charge is 0.770 e. The molecule has 2 unspecified atom stereocenters. The third kappa shape index (κ3) is 6.03. The van der Waals surface area contributed by atoms with Gasteiger partial charge >= 0.3 is 0 Å². The van der Waals surface area contributed by atoms with Gasteiger partial charge in [0.15, 0.2) is 0 Å². The van der Waals surface area contributed by atoms with E-state index in [9.17, 15) is 8.76 Å². The van der Waals surface area contributed by atoms with Crippen molar-refractivity contribution in [3.63, 3.8) is 0 Å². The van der Waals surface area contributed by atoms with E-state index in [1.54, 1.807) is 0 Å². The molecule has 0 rings (SSSR count). The molecule has 0 bridgehead atoms. The number of hydrogen-bond acceptors (Lipinski definition) is 3. The van der Waals surface area contributed by atoms with Crippen molar-refractivity contribution >= 4 is 11.1 Å². The maximum atomic E-state index is 9.45. The van der Waals surface area contributed by atoms with Crippen LogP contribution < -0.4 is 6.15 Å². The summed E-state index contributed by atoms with van der Waals surface area (Å²) < 4.78 is 18.9. The molecule has 0 saturated carbocycles. The van der Waals surface area contributed by atoms with Crippen molar-refractivity contribution in [2.24, 2.45) is 0 Å². The second-order valence-corrected chi connectivity index (χ2v) is 2.06. The van der Waals surface area contributed by atoms with Gasteiger partial charge in [0.1, 0.15) is 5.44 Å². The number of quaternary nitrogens is 1. The van der Waals surface area contributed by atoms with E-state index in [-0.39, 0.29) is 6.15 Å². The van der Waals surface area contributed by atoms with Gasteiger partial charge in [-0.05, 0) is 18.0 Å². The molecule has 0 radical (unpaired) electrons. The Kier molecular flexibility index (Phi) is 6.06. The standard InChI is InChI=1S/C2H6O3S.H3N/c1-2(3)6(4)5;/h2-3H,1H3,(H,4,5);1H3. The summed E-state index contributed by atoms with van der Waals surface area (Å²) in [5, 5.41) is 8.02. The zero-order valence-electron chi connectivity index (χ0n) is 4.25. The van der Waals surface area contributed by atoms with Gasteiger partial charge in [0.2, 0.25) is 0 Å². The smallest absolute Gasteiger partial charge is 0.113 e. The number of aliphatic hydroxyl groups is 1. The summed E-state index contributed by atoms with van der Waals surface area (Å²) in [7, 11) is 0. The van der Waals surface area contributed by atoms with Gasteiger partial charge in [-0.25, -0.2) is 0 Å². The molecule has 5 heteroatoms. The molecule has 0 aromatic rings. The lowest BCUT2D eigenvalue weighted by atomic mass is 10.9. The number of aliphatic hydroxyl groups excluding tert-OH is 1. The normalized spacial score (nSPS) is 17.0. The zero-order valence-corrected chi connectivity index (χ0v) is 5.07. The summed E-state index contributed by atoms with van der Waals surface area (Å²) in [6, 6.07) is 0. The van der Waals surface area contributed by atoms with Crippen LogP contribution in [0.4, 0.5) is 0 Å². The fourth-order valence-electron chi connectivity index (χ4n) is 0. The highest BCUT2D eigenvalue weighted by Gasteiger charge is 1.87. The summed E-state index contributed by atoms with van der Waals surface area (Å²) in [4.78, 5) is 0. The van der Waals surface area contributed by atoms with Crippen molar-refractivity contribution in [2.75, 3.05) is 0 Å². The van der Waals surface area contributed by atoms with Crippen molar-refractivity contribution in [3.8, 4) is 0 Å². The first-order valence-electron chi connectivity index (χ1n) is 1.40. The lowest BCUT2D eigenvalue weighted by molar-refractivity contribution is 0.263. The molecule has 2 atom stereocenters. The van der Waals surface area contributed by atoms with E-state index in [1.807, 2.05) is 0 Å². The van der Waals surface area contributed by atoms with Gasteiger partial charge in [-0.1, -0.05) is 0 Å². The van der Waals surface area contributed by atoms with Gasteiger partial charge in [0, 0.05) is 0 Å². The molecule has 0 fully saturated rings. The molecular weight excluding hydrogens is 118 g/mol. The Morgan fingerprint density at radius 2 is 2.00 bits per heavy atom. The van der Waals surface area contributed by atoms with E-state index in [0.29, 0.717) is 0 Å². The number of hydrogen-bond donors (Lipinski definition) is 2. The molecule has 7 heavy (non-hydrogen) atoms. The fraction of sp³-hybridized carbons (Fsp3) is 1.00. The third-order valence-corrected chi connectivity index (χ3v) is 0.836. The van der Waals surface area contributed by atoms with E-state index in [2.05, 4.69) is 0 Å². The Balaban J connectivity index is 0. The topological polar surface area (TPSA) is 96.9 Å². The van der Waals surface area contributed by atoms with Crippen molar-refractivity contribution in [3.05, 3.63) is 0 Å². The highest BCUT2D eigenvalue weighted by molar-refractivity contribution is 7.79. The predicted octanol–water partition coefficient (Wildman–Crippen LogP) is -0.420. The Morgan fingerprint density at radius 3 is 2.00 bits per heavy atom. The Morgan fingerprint density at radius 1 is 1.86 bits per heavy atom. The average molecular weight is 127 g/mol. The molecule has 4 nitrogen and oxygen atoms in total. The molecular formula is C2H9NO3S. The quantitative estimate of drug-likeness (QED) is 0.468. The Bertz CT molecular complexity index is 64.0. The molecule has 46 valence electrons. The van der Waals surface area contributed by atoms with Crippen LogP contribution in [-0.2, 0) is 11.1 Å². The van der Waals surface area contributed by atoms with Crippen LogP contribution in [0.5, 0.6) is 0 Å². The highest BCUT2D eigenvalue weighted by Crippen LogP contribution is 1.80. The van der Waals surface area contributed by atoms with E-state index < -0.39 is 16.5 Å². The molecule has 0 spiro atoms. The minimum absolute atomic E-state index is 0. The lowest BCUT2D eigenvalue weighted by Crippen LogP contribution is -2.06. The molecule has 0 aromatic carbocycles. The van der Waals surface area contributed by atoms with Gasteiger partial charge in [0.25, 0.3) is 0 Å². The van der Waals surface area contributed by atoms with Crippen LogP contribution in [0.1, 0.15) is 6.92 Å². The summed E-state index contributed by atoms with van der Waals surface area (Å²) in [5.41, 5.74) is -1.23. The molecule has 0 aliphatic carbocycles. The first-order chi connectivity index (χ1) is 2.64. The molecule has 0 heterocycles. The lowest BCUT2D eigenvalue weighted by Gasteiger charge is -2.04. The van der Waals surface area contributed by atoms with Crippen molar-refractivity contribution in [1.82, 2.24) is 6.15 Å². The van der Waals surface area contributed by atoms with Crippen LogP contribution in [0.2, 0.25) is 0 Å². The van der Waals surface area contributed by atoms with Gasteiger partial charge in [-0.3, -0.25) is 4.21 Å². The molecule has 0 aromatic heterocycles. The van der Waals surface area contributed by atoms with Crippen LogP contribution in [0.15, 0.2) is 0 Å². The first-order valence-corrected chi connectivity index (χ1v) is 2.54. The third-order valence-electron chi connectivity index (χ3n) is 0.279. The molecule has 0 aliphatic heterocycles. The first kappa shape index (κ1) is 10.1. The summed E-state index contributed by atoms with van der Waals surface area (Å²) in [5.74, 6) is 0. The van der Waals surface area contributed by atoms with E-state index in [1.165, 1.54) is 6.92 Å². The molecule has 0 amide bonds. The van der Waals surface area contributed by atoms with Crippen molar-refractivity contribution < 1.29 is 13.9 Å². The van der Waals surface area contributed by atoms with Crippen LogP contribution in [0.3, 0.4) is 0 Å². The predicted molar refractivity (Wildman–Crippen MR) is 26.6 cm³/mol. The van der Waals surface area contributed by atoms with Crippen molar-refractivity contribution in [2.45, 2.75) is 12.4 Å². The fourth-order valence-corrected chi connectivity index (χ4v) is 0. The van der Waals surface area contributed by atoms with Gasteiger partial charge in [-0.15, -0.1) is 0 Å². The van der Waals surface area contributed by atoms with Crippen LogP contribution >= 0.6 is 0 Å². The molecule has 5 N–H and O–H groups in total. The zero-order chi connectivity index (χ0) is 5.15. The maximum absolute atomic E-state index is 9.45. The summed E-state index contributed by atoms with van der Waals surface area (Å²) in [6.45, 7) is 1.18. The van der Waals surface area contributed by atoms with Gasteiger partial charge in [0.05, 0.1) is 0 Å². The van der Waals surface area contributed by atoms with Crippen LogP contribution in [0.25, 0.3) is 0 Å². The minimum Gasteiger partial charge on any atom is -0.770 e.